The number of carbonyl (C=O) groups is 2. The monoisotopic (exact) mass is 377 g/mol. The van der Waals surface area contributed by atoms with E-state index >= 15 is 0 Å². The van der Waals surface area contributed by atoms with E-state index in [4.69, 9.17) is 16.3 Å². The van der Waals surface area contributed by atoms with Gasteiger partial charge in [-0.15, -0.1) is 11.3 Å². The quantitative estimate of drug-likeness (QED) is 0.679. The van der Waals surface area contributed by atoms with Gasteiger partial charge < -0.3 is 10.1 Å². The van der Waals surface area contributed by atoms with Crippen molar-refractivity contribution < 1.29 is 18.7 Å². The van der Waals surface area contributed by atoms with Crippen LogP contribution in [0.1, 0.15) is 15.2 Å². The fourth-order valence-corrected chi connectivity index (χ4v) is 3.62. The van der Waals surface area contributed by atoms with Gasteiger partial charge in [0.05, 0.1) is 5.02 Å². The van der Waals surface area contributed by atoms with Gasteiger partial charge in [-0.05, 0) is 23.8 Å². The molecular weight excluding hydrogens is 365 g/mol. The Hall–Kier alpha value is -2.44. The predicted molar refractivity (Wildman–Crippen MR) is 95.4 cm³/mol. The number of hydrogen-bond acceptors (Lipinski definition) is 4. The number of benzene rings is 2. The lowest BCUT2D eigenvalue weighted by molar-refractivity contribution is -0.143. The molecule has 0 spiro atoms. The molecule has 1 amide bonds. The van der Waals surface area contributed by atoms with Crippen LogP contribution < -0.4 is 5.32 Å². The molecule has 4 nitrogen and oxygen atoms in total. The molecule has 3 rings (SSSR count). The number of halogens is 2. The van der Waals surface area contributed by atoms with Crippen molar-refractivity contribution in [2.45, 2.75) is 6.61 Å². The number of hydrogen-bond donors (Lipinski definition) is 1. The van der Waals surface area contributed by atoms with Gasteiger partial charge in [0.2, 0.25) is 0 Å². The second-order valence-electron chi connectivity index (χ2n) is 5.21. The van der Waals surface area contributed by atoms with Gasteiger partial charge >= 0.3 is 5.97 Å². The zero-order valence-electron chi connectivity index (χ0n) is 12.9. The number of carbonyl (C=O) groups excluding carboxylic acids is 2. The van der Waals surface area contributed by atoms with Crippen molar-refractivity contribution in [1.82, 2.24) is 5.32 Å². The standard InChI is InChI=1S/C18H13ClFNO3S/c19-16-13-3-1-2-4-14(13)25-17(16)18(23)21-9-15(22)24-10-11-5-7-12(20)8-6-11/h1-8H,9-10H2,(H,21,23). The van der Waals surface area contributed by atoms with E-state index in [1.807, 2.05) is 24.3 Å². The Kier molecular flexibility index (Phi) is 5.31. The fourth-order valence-electron chi connectivity index (χ4n) is 2.19. The summed E-state index contributed by atoms with van der Waals surface area (Å²) in [5, 5.41) is 3.68. The molecule has 0 saturated heterocycles. The van der Waals surface area contributed by atoms with Gasteiger partial charge in [0.25, 0.3) is 5.91 Å². The average Bonchev–Trinajstić information content (AvgIpc) is 2.96. The lowest BCUT2D eigenvalue weighted by atomic mass is 10.2. The number of amides is 1. The molecule has 1 N–H and O–H groups in total. The van der Waals surface area contributed by atoms with E-state index in [0.29, 0.717) is 15.5 Å². The van der Waals surface area contributed by atoms with Crippen molar-refractivity contribution in [2.75, 3.05) is 6.54 Å². The number of nitrogens with one attached hydrogen (secondary N) is 1. The van der Waals surface area contributed by atoms with E-state index in [-0.39, 0.29) is 19.0 Å². The Morgan fingerprint density at radius 3 is 2.56 bits per heavy atom. The van der Waals surface area contributed by atoms with Crippen LogP contribution in [-0.2, 0) is 16.1 Å². The van der Waals surface area contributed by atoms with Gasteiger partial charge in [0.15, 0.2) is 0 Å². The molecule has 0 aliphatic rings. The molecule has 0 aliphatic heterocycles. The van der Waals surface area contributed by atoms with Crippen LogP contribution in [0.25, 0.3) is 10.1 Å². The average molecular weight is 378 g/mol. The molecular formula is C18H13ClFNO3S. The largest absolute Gasteiger partial charge is 0.460 e. The Balaban J connectivity index is 1.55. The second kappa shape index (κ2) is 7.63. The molecule has 0 unspecified atom stereocenters. The molecule has 1 heterocycles. The van der Waals surface area contributed by atoms with Crippen molar-refractivity contribution >= 4 is 44.9 Å². The van der Waals surface area contributed by atoms with Gasteiger partial charge in [0.1, 0.15) is 23.8 Å². The van der Waals surface area contributed by atoms with Crippen molar-refractivity contribution in [2.24, 2.45) is 0 Å². The minimum Gasteiger partial charge on any atom is -0.460 e. The molecule has 25 heavy (non-hydrogen) atoms. The summed E-state index contributed by atoms with van der Waals surface area (Å²) < 4.78 is 18.7. The predicted octanol–water partition coefficient (Wildman–Crippen LogP) is 4.17. The van der Waals surface area contributed by atoms with E-state index < -0.39 is 11.9 Å². The highest BCUT2D eigenvalue weighted by Gasteiger charge is 2.17. The summed E-state index contributed by atoms with van der Waals surface area (Å²) in [5.41, 5.74) is 0.661. The van der Waals surface area contributed by atoms with Crippen LogP contribution in [0.4, 0.5) is 4.39 Å². The molecule has 128 valence electrons. The number of rotatable bonds is 5. The van der Waals surface area contributed by atoms with Gasteiger partial charge in [-0.2, -0.15) is 0 Å². The molecule has 0 radical (unpaired) electrons. The van der Waals surface area contributed by atoms with Crippen molar-refractivity contribution in [3.05, 3.63) is 69.8 Å². The van der Waals surface area contributed by atoms with Crippen LogP contribution in [0.2, 0.25) is 5.02 Å². The molecule has 0 bridgehead atoms. The summed E-state index contributed by atoms with van der Waals surface area (Å²) >= 11 is 7.49. The Morgan fingerprint density at radius 2 is 1.84 bits per heavy atom. The summed E-state index contributed by atoms with van der Waals surface area (Å²) in [5.74, 6) is -1.37. The smallest absolute Gasteiger partial charge is 0.325 e. The molecule has 2 aromatic carbocycles. The molecule has 0 aliphatic carbocycles. The van der Waals surface area contributed by atoms with Crippen molar-refractivity contribution in [1.29, 1.82) is 0 Å². The maximum atomic E-state index is 12.8. The SMILES string of the molecule is O=C(CNC(=O)c1sc2ccccc2c1Cl)OCc1ccc(F)cc1. The van der Waals surface area contributed by atoms with E-state index in [1.54, 1.807) is 0 Å². The number of thiophene rings is 1. The Labute approximate surface area is 152 Å². The summed E-state index contributed by atoms with van der Waals surface area (Å²) in [4.78, 5) is 24.3. The number of esters is 1. The van der Waals surface area contributed by atoms with Crippen LogP contribution >= 0.6 is 22.9 Å². The molecule has 1 aromatic heterocycles. The third-order valence-corrected chi connectivity index (χ3v) is 5.12. The highest BCUT2D eigenvalue weighted by molar-refractivity contribution is 7.21. The zero-order valence-corrected chi connectivity index (χ0v) is 14.5. The first kappa shape index (κ1) is 17.4. The topological polar surface area (TPSA) is 55.4 Å². The van der Waals surface area contributed by atoms with Crippen LogP contribution in [0.15, 0.2) is 48.5 Å². The summed E-state index contributed by atoms with van der Waals surface area (Å²) in [6.45, 7) is -0.261. The third kappa shape index (κ3) is 4.15. The van der Waals surface area contributed by atoms with Crippen LogP contribution in [0, 0.1) is 5.82 Å². The van der Waals surface area contributed by atoms with Crippen molar-refractivity contribution in [3.63, 3.8) is 0 Å². The summed E-state index contributed by atoms with van der Waals surface area (Å²) in [6.07, 6.45) is 0. The maximum Gasteiger partial charge on any atom is 0.325 e. The van der Waals surface area contributed by atoms with Gasteiger partial charge in [0, 0.05) is 10.1 Å². The molecule has 0 fully saturated rings. The van der Waals surface area contributed by atoms with Crippen LogP contribution in [-0.4, -0.2) is 18.4 Å². The van der Waals surface area contributed by atoms with E-state index in [9.17, 15) is 14.0 Å². The number of fused-ring (bicyclic) bond motifs is 1. The lowest BCUT2D eigenvalue weighted by Crippen LogP contribution is -2.30. The first-order valence-corrected chi connectivity index (χ1v) is 8.59. The summed E-state index contributed by atoms with van der Waals surface area (Å²) in [7, 11) is 0. The normalized spacial score (nSPS) is 10.6. The fraction of sp³-hybridized carbons (Fsp3) is 0.111. The zero-order chi connectivity index (χ0) is 17.8. The lowest BCUT2D eigenvalue weighted by Gasteiger charge is -2.06. The van der Waals surface area contributed by atoms with Crippen LogP contribution in [0.5, 0.6) is 0 Å². The van der Waals surface area contributed by atoms with Crippen molar-refractivity contribution in [3.8, 4) is 0 Å². The first-order chi connectivity index (χ1) is 12.0. The summed E-state index contributed by atoms with van der Waals surface area (Å²) in [6, 6.07) is 13.0. The highest BCUT2D eigenvalue weighted by atomic mass is 35.5. The van der Waals surface area contributed by atoms with E-state index in [0.717, 1.165) is 10.1 Å². The number of ether oxygens (including phenoxy) is 1. The van der Waals surface area contributed by atoms with Gasteiger partial charge in [-0.25, -0.2) is 4.39 Å². The van der Waals surface area contributed by atoms with Gasteiger partial charge in [-0.1, -0.05) is 41.9 Å². The molecule has 3 aromatic rings. The maximum absolute atomic E-state index is 12.8. The molecule has 0 saturated carbocycles. The van der Waals surface area contributed by atoms with E-state index in [1.165, 1.54) is 35.6 Å². The molecule has 0 atom stereocenters. The minimum atomic E-state index is -0.588. The van der Waals surface area contributed by atoms with E-state index in [2.05, 4.69) is 5.32 Å². The molecule has 7 heteroatoms. The third-order valence-electron chi connectivity index (χ3n) is 3.45. The second-order valence-corrected chi connectivity index (χ2v) is 6.64. The first-order valence-electron chi connectivity index (χ1n) is 7.40. The van der Waals surface area contributed by atoms with Crippen LogP contribution in [0.3, 0.4) is 0 Å². The Morgan fingerprint density at radius 1 is 1.12 bits per heavy atom. The highest BCUT2D eigenvalue weighted by Crippen LogP contribution is 2.34. The Bertz CT molecular complexity index is 924. The minimum absolute atomic E-state index is 0.0125. The van der Waals surface area contributed by atoms with Gasteiger partial charge in [-0.3, -0.25) is 9.59 Å².